The molecule has 0 saturated carbocycles. The molecule has 2 aromatic carbocycles. The topological polar surface area (TPSA) is 54.5 Å². The Kier molecular flexibility index (Phi) is 4.82. The molecule has 5 nitrogen and oxygen atoms in total. The highest BCUT2D eigenvalue weighted by Crippen LogP contribution is 2.34. The molecule has 7 heteroatoms. The molecule has 1 aromatic heterocycles. The second-order valence-electron chi connectivity index (χ2n) is 7.22. The highest BCUT2D eigenvalue weighted by Gasteiger charge is 2.31. The molecule has 1 N–H and O–H groups in total. The van der Waals surface area contributed by atoms with Crippen LogP contribution in [0.1, 0.15) is 24.1 Å². The van der Waals surface area contributed by atoms with E-state index < -0.39 is 17.7 Å². The summed E-state index contributed by atoms with van der Waals surface area (Å²) in [5.41, 5.74) is 2.67. The summed E-state index contributed by atoms with van der Waals surface area (Å²) in [7, 11) is 3.12. The number of nitrogens with zero attached hydrogens (tertiary/aromatic N) is 2. The number of nitrogens with one attached hydrogen (secondary N) is 1. The predicted molar refractivity (Wildman–Crippen MR) is 107 cm³/mol. The van der Waals surface area contributed by atoms with Gasteiger partial charge in [0.2, 0.25) is 11.8 Å². The summed E-state index contributed by atoms with van der Waals surface area (Å²) in [6, 6.07) is 9.25. The smallest absolute Gasteiger partial charge is 0.245 e. The number of fused-ring (bicyclic) bond motifs is 2. The van der Waals surface area contributed by atoms with E-state index in [0.29, 0.717) is 22.8 Å². The molecule has 4 rings (SSSR count). The van der Waals surface area contributed by atoms with Crippen LogP contribution in [-0.2, 0) is 11.2 Å². The van der Waals surface area contributed by atoms with Crippen molar-refractivity contribution in [3.05, 3.63) is 65.4 Å². The van der Waals surface area contributed by atoms with Gasteiger partial charge in [-0.05, 0) is 36.1 Å². The summed E-state index contributed by atoms with van der Waals surface area (Å²) in [6.07, 6.45) is 2.15. The molecule has 0 aliphatic carbocycles. The number of methoxy groups -OCH3 is 1. The van der Waals surface area contributed by atoms with Crippen molar-refractivity contribution in [3.8, 4) is 5.88 Å². The zero-order chi connectivity index (χ0) is 20.7. The maximum Gasteiger partial charge on any atom is 0.245 e. The van der Waals surface area contributed by atoms with Gasteiger partial charge in [-0.3, -0.25) is 4.79 Å². The number of anilines is 1. The molecule has 1 aliphatic rings. The lowest BCUT2D eigenvalue weighted by Gasteiger charge is -2.29. The maximum absolute atomic E-state index is 14.0. The van der Waals surface area contributed by atoms with Crippen LogP contribution in [0.4, 0.5) is 14.5 Å². The van der Waals surface area contributed by atoms with Crippen molar-refractivity contribution in [2.45, 2.75) is 25.4 Å². The first-order valence-electron chi connectivity index (χ1n) is 9.33. The quantitative estimate of drug-likeness (QED) is 0.721. The lowest BCUT2D eigenvalue weighted by atomic mass is 10.00. The molecule has 150 valence electrons. The number of para-hydroxylation sites is 1. The number of amides is 1. The summed E-state index contributed by atoms with van der Waals surface area (Å²) in [5.74, 6) is -1.81. The van der Waals surface area contributed by atoms with Gasteiger partial charge in [0.15, 0.2) is 11.6 Å². The number of carbonyl (C=O) groups is 1. The van der Waals surface area contributed by atoms with E-state index in [-0.39, 0.29) is 17.8 Å². The van der Waals surface area contributed by atoms with Gasteiger partial charge < -0.3 is 15.0 Å². The van der Waals surface area contributed by atoms with E-state index in [1.54, 1.807) is 18.1 Å². The molecule has 0 fully saturated rings. The first-order chi connectivity index (χ1) is 13.9. The van der Waals surface area contributed by atoms with Crippen LogP contribution in [-0.4, -0.2) is 36.0 Å². The fourth-order valence-corrected chi connectivity index (χ4v) is 3.82. The van der Waals surface area contributed by atoms with Crippen molar-refractivity contribution in [2.24, 2.45) is 0 Å². The van der Waals surface area contributed by atoms with Crippen molar-refractivity contribution < 1.29 is 18.3 Å². The highest BCUT2D eigenvalue weighted by atomic mass is 19.2. The highest BCUT2D eigenvalue weighted by molar-refractivity contribution is 5.91. The molecule has 0 saturated heterocycles. The van der Waals surface area contributed by atoms with Crippen LogP contribution < -0.4 is 10.1 Å². The molecule has 0 spiro atoms. The molecule has 29 heavy (non-hydrogen) atoms. The van der Waals surface area contributed by atoms with E-state index in [9.17, 15) is 13.6 Å². The number of likely N-dealkylation sites (N-methyl/N-ethyl adjacent to an activating group) is 1. The second-order valence-corrected chi connectivity index (χ2v) is 7.22. The summed E-state index contributed by atoms with van der Waals surface area (Å²) in [4.78, 5) is 18.9. The predicted octanol–water partition coefficient (Wildman–Crippen LogP) is 4.08. The van der Waals surface area contributed by atoms with Gasteiger partial charge in [0.25, 0.3) is 0 Å². The fraction of sp³-hybridized carbons (Fsp3) is 0.273. The number of aromatic nitrogens is 1. The maximum atomic E-state index is 14.0. The summed E-state index contributed by atoms with van der Waals surface area (Å²) in [5, 5.41) is 4.08. The average Bonchev–Trinajstić information content (AvgIpc) is 3.16. The van der Waals surface area contributed by atoms with Crippen LogP contribution in [0.5, 0.6) is 5.88 Å². The van der Waals surface area contributed by atoms with Crippen molar-refractivity contribution in [3.63, 3.8) is 0 Å². The van der Waals surface area contributed by atoms with Crippen molar-refractivity contribution >= 4 is 22.4 Å². The minimum atomic E-state index is -0.972. The van der Waals surface area contributed by atoms with Crippen LogP contribution in [0.3, 0.4) is 0 Å². The van der Waals surface area contributed by atoms with E-state index in [1.807, 2.05) is 31.2 Å². The molecule has 0 bridgehead atoms. The van der Waals surface area contributed by atoms with E-state index in [0.717, 1.165) is 23.4 Å². The monoisotopic (exact) mass is 397 g/mol. The van der Waals surface area contributed by atoms with Crippen LogP contribution in [0.25, 0.3) is 10.8 Å². The largest absolute Gasteiger partial charge is 0.481 e. The van der Waals surface area contributed by atoms with E-state index in [2.05, 4.69) is 10.3 Å². The number of hydrogen-bond acceptors (Lipinski definition) is 4. The molecular formula is C22H21F2N3O2. The molecule has 2 atom stereocenters. The van der Waals surface area contributed by atoms with E-state index >= 15 is 0 Å². The van der Waals surface area contributed by atoms with Crippen LogP contribution >= 0.6 is 0 Å². The minimum Gasteiger partial charge on any atom is -0.481 e. The standard InChI is InChI=1S/C22H21F2N3O2/c1-12(27(2)22(28)20-8-13-6-4-5-7-19(13)26-20)16-11-25-21(29-3)15-10-18(24)17(23)9-14(15)16/h4-7,9-12,20,26H,8H2,1-3H3. The second kappa shape index (κ2) is 7.31. The third-order valence-corrected chi connectivity index (χ3v) is 5.56. The van der Waals surface area contributed by atoms with Gasteiger partial charge in [0, 0.05) is 36.3 Å². The SMILES string of the molecule is COc1ncc(C(C)N(C)C(=O)C2Cc3ccccc3N2)c2cc(F)c(F)cc12. The lowest BCUT2D eigenvalue weighted by Crippen LogP contribution is -2.41. The summed E-state index contributed by atoms with van der Waals surface area (Å²) < 4.78 is 32.9. The number of hydrogen-bond donors (Lipinski definition) is 1. The molecular weight excluding hydrogens is 376 g/mol. The summed E-state index contributed by atoms with van der Waals surface area (Å²) in [6.45, 7) is 1.84. The Bertz CT molecular complexity index is 1080. The third-order valence-electron chi connectivity index (χ3n) is 5.56. The van der Waals surface area contributed by atoms with Crippen LogP contribution in [0, 0.1) is 11.6 Å². The normalized spacial score (nSPS) is 16.2. The number of benzene rings is 2. The van der Waals surface area contributed by atoms with Gasteiger partial charge in [-0.1, -0.05) is 18.2 Å². The van der Waals surface area contributed by atoms with Gasteiger partial charge in [-0.15, -0.1) is 0 Å². The first-order valence-corrected chi connectivity index (χ1v) is 9.33. The molecule has 2 heterocycles. The number of carbonyl (C=O) groups excluding carboxylic acids is 1. The number of rotatable bonds is 4. The van der Waals surface area contributed by atoms with Crippen molar-refractivity contribution in [1.29, 1.82) is 0 Å². The Morgan fingerprint density at radius 2 is 1.93 bits per heavy atom. The Balaban J connectivity index is 1.66. The third kappa shape index (κ3) is 3.26. The van der Waals surface area contributed by atoms with Crippen molar-refractivity contribution in [1.82, 2.24) is 9.88 Å². The zero-order valence-corrected chi connectivity index (χ0v) is 16.4. The summed E-state index contributed by atoms with van der Waals surface area (Å²) >= 11 is 0. The Labute approximate surface area is 167 Å². The fourth-order valence-electron chi connectivity index (χ4n) is 3.82. The number of ether oxygens (including phenoxy) is 1. The Morgan fingerprint density at radius 3 is 2.62 bits per heavy atom. The van der Waals surface area contributed by atoms with Crippen LogP contribution in [0.15, 0.2) is 42.6 Å². The molecule has 0 radical (unpaired) electrons. The van der Waals surface area contributed by atoms with Gasteiger partial charge in [0.1, 0.15) is 6.04 Å². The van der Waals surface area contributed by atoms with E-state index in [1.165, 1.54) is 7.11 Å². The van der Waals surface area contributed by atoms with Gasteiger partial charge >= 0.3 is 0 Å². The van der Waals surface area contributed by atoms with Crippen molar-refractivity contribution in [2.75, 3.05) is 19.5 Å². The molecule has 1 aliphatic heterocycles. The van der Waals surface area contributed by atoms with Gasteiger partial charge in [-0.25, -0.2) is 13.8 Å². The Hall–Kier alpha value is -3.22. The van der Waals surface area contributed by atoms with E-state index in [4.69, 9.17) is 4.74 Å². The number of pyridine rings is 1. The average molecular weight is 397 g/mol. The Morgan fingerprint density at radius 1 is 1.24 bits per heavy atom. The minimum absolute atomic E-state index is 0.0831. The lowest BCUT2D eigenvalue weighted by molar-refractivity contribution is -0.132. The number of halogens is 2. The van der Waals surface area contributed by atoms with Gasteiger partial charge in [-0.2, -0.15) is 0 Å². The molecule has 3 aromatic rings. The molecule has 2 unspecified atom stereocenters. The van der Waals surface area contributed by atoms with Gasteiger partial charge in [0.05, 0.1) is 13.2 Å². The molecule has 1 amide bonds. The zero-order valence-electron chi connectivity index (χ0n) is 16.4. The first kappa shape index (κ1) is 19.1. The van der Waals surface area contributed by atoms with Crippen LogP contribution in [0.2, 0.25) is 0 Å².